The maximum Gasteiger partial charge on any atom is 0.323 e. The quantitative estimate of drug-likeness (QED) is 0.769. The summed E-state index contributed by atoms with van der Waals surface area (Å²) in [7, 11) is 3.21. The van der Waals surface area contributed by atoms with E-state index in [-0.39, 0.29) is 6.03 Å². The van der Waals surface area contributed by atoms with Gasteiger partial charge in [0.25, 0.3) is 0 Å². The molecule has 122 valence electrons. The summed E-state index contributed by atoms with van der Waals surface area (Å²) in [5.74, 6) is 1.40. The summed E-state index contributed by atoms with van der Waals surface area (Å²) in [6.45, 7) is 0.966. The predicted octanol–water partition coefficient (Wildman–Crippen LogP) is 3.36. The van der Waals surface area contributed by atoms with Gasteiger partial charge in [0, 0.05) is 24.6 Å². The lowest BCUT2D eigenvalue weighted by molar-refractivity contribution is 0.146. The molecule has 2 N–H and O–H groups in total. The van der Waals surface area contributed by atoms with Crippen LogP contribution in [0.3, 0.4) is 0 Å². The van der Waals surface area contributed by atoms with Crippen LogP contribution in [-0.4, -0.2) is 33.5 Å². The Hall–Kier alpha value is -2.73. The predicted molar refractivity (Wildman–Crippen MR) is 89.4 cm³/mol. The summed E-state index contributed by atoms with van der Waals surface area (Å²) in [6, 6.07) is 13.9. The zero-order valence-corrected chi connectivity index (χ0v) is 13.2. The summed E-state index contributed by atoms with van der Waals surface area (Å²) < 4.78 is 15.5. The lowest BCUT2D eigenvalue weighted by atomic mass is 10.3. The summed E-state index contributed by atoms with van der Waals surface area (Å²) in [5, 5.41) is 5.50. The molecule has 6 nitrogen and oxygen atoms in total. The number of ether oxygens (including phenoxy) is 3. The first-order valence-electron chi connectivity index (χ1n) is 7.15. The number of anilines is 2. The van der Waals surface area contributed by atoms with Gasteiger partial charge in [0.15, 0.2) is 0 Å². The monoisotopic (exact) mass is 316 g/mol. The van der Waals surface area contributed by atoms with Crippen LogP contribution < -0.4 is 20.1 Å². The molecule has 2 aromatic carbocycles. The van der Waals surface area contributed by atoms with Crippen molar-refractivity contribution >= 4 is 17.4 Å². The number of methoxy groups -OCH3 is 2. The van der Waals surface area contributed by atoms with Crippen molar-refractivity contribution in [1.82, 2.24) is 0 Å². The molecular formula is C17H20N2O4. The third kappa shape index (κ3) is 5.52. The number of benzene rings is 2. The van der Waals surface area contributed by atoms with Crippen LogP contribution >= 0.6 is 0 Å². The highest BCUT2D eigenvalue weighted by Gasteiger charge is 2.04. The average molecular weight is 316 g/mol. The standard InChI is InChI=1S/C17H20N2O4/c1-21-10-11-23-16-5-3-4-14(12-16)19-17(20)18-13-6-8-15(22-2)9-7-13/h3-9,12H,10-11H2,1-2H3,(H2,18,19,20). The van der Waals surface area contributed by atoms with Crippen molar-refractivity contribution < 1.29 is 19.0 Å². The molecule has 6 heteroatoms. The lowest BCUT2D eigenvalue weighted by Crippen LogP contribution is -2.19. The molecule has 0 radical (unpaired) electrons. The number of urea groups is 1. The van der Waals surface area contributed by atoms with E-state index in [1.807, 2.05) is 12.1 Å². The van der Waals surface area contributed by atoms with Gasteiger partial charge in [0.1, 0.15) is 18.1 Å². The highest BCUT2D eigenvalue weighted by Crippen LogP contribution is 2.18. The van der Waals surface area contributed by atoms with Gasteiger partial charge >= 0.3 is 6.03 Å². The number of carbonyl (C=O) groups is 1. The Morgan fingerprint density at radius 3 is 2.35 bits per heavy atom. The van der Waals surface area contributed by atoms with Gasteiger partial charge in [-0.05, 0) is 36.4 Å². The summed E-state index contributed by atoms with van der Waals surface area (Å²) >= 11 is 0. The Bertz CT molecular complexity index is 629. The second-order valence-corrected chi connectivity index (χ2v) is 4.68. The van der Waals surface area contributed by atoms with Crippen LogP contribution in [0.25, 0.3) is 0 Å². The average Bonchev–Trinajstić information content (AvgIpc) is 2.56. The topological polar surface area (TPSA) is 68.8 Å². The van der Waals surface area contributed by atoms with E-state index in [1.54, 1.807) is 50.6 Å². The van der Waals surface area contributed by atoms with Crippen LogP contribution in [0.1, 0.15) is 0 Å². The molecule has 0 aliphatic rings. The Labute approximate surface area is 135 Å². The number of amides is 2. The molecule has 2 amide bonds. The Morgan fingerprint density at radius 2 is 1.65 bits per heavy atom. The molecule has 0 aliphatic carbocycles. The zero-order valence-electron chi connectivity index (χ0n) is 13.2. The van der Waals surface area contributed by atoms with E-state index in [2.05, 4.69) is 10.6 Å². The molecule has 0 atom stereocenters. The molecule has 0 bridgehead atoms. The van der Waals surface area contributed by atoms with Gasteiger partial charge in [-0.3, -0.25) is 0 Å². The molecule has 0 heterocycles. The third-order valence-electron chi connectivity index (χ3n) is 3.00. The van der Waals surface area contributed by atoms with Crippen molar-refractivity contribution in [2.45, 2.75) is 0 Å². The van der Waals surface area contributed by atoms with Crippen molar-refractivity contribution in [3.8, 4) is 11.5 Å². The molecule has 0 spiro atoms. The fraction of sp³-hybridized carbons (Fsp3) is 0.235. The van der Waals surface area contributed by atoms with Crippen LogP contribution in [0.2, 0.25) is 0 Å². The highest BCUT2D eigenvalue weighted by atomic mass is 16.5. The van der Waals surface area contributed by atoms with Crippen LogP contribution in [0.15, 0.2) is 48.5 Å². The van der Waals surface area contributed by atoms with Gasteiger partial charge in [-0.15, -0.1) is 0 Å². The first-order chi connectivity index (χ1) is 11.2. The Morgan fingerprint density at radius 1 is 0.913 bits per heavy atom. The first kappa shape index (κ1) is 16.6. The van der Waals surface area contributed by atoms with Crippen molar-refractivity contribution in [2.75, 3.05) is 38.1 Å². The van der Waals surface area contributed by atoms with Crippen LogP contribution in [0, 0.1) is 0 Å². The van der Waals surface area contributed by atoms with E-state index in [4.69, 9.17) is 14.2 Å². The number of hydrogen-bond donors (Lipinski definition) is 2. The Kier molecular flexibility index (Phi) is 6.26. The van der Waals surface area contributed by atoms with E-state index < -0.39 is 0 Å². The number of rotatable bonds is 7. The molecule has 2 aromatic rings. The van der Waals surface area contributed by atoms with E-state index in [0.29, 0.717) is 30.3 Å². The molecular weight excluding hydrogens is 296 g/mol. The van der Waals surface area contributed by atoms with Gasteiger partial charge in [0.2, 0.25) is 0 Å². The minimum atomic E-state index is -0.329. The van der Waals surface area contributed by atoms with Gasteiger partial charge in [-0.25, -0.2) is 4.79 Å². The molecule has 23 heavy (non-hydrogen) atoms. The summed E-state index contributed by atoms with van der Waals surface area (Å²) in [6.07, 6.45) is 0. The van der Waals surface area contributed by atoms with Crippen molar-refractivity contribution in [1.29, 1.82) is 0 Å². The molecule has 0 saturated carbocycles. The number of nitrogens with one attached hydrogen (secondary N) is 2. The normalized spacial score (nSPS) is 10.0. The minimum absolute atomic E-state index is 0.329. The minimum Gasteiger partial charge on any atom is -0.497 e. The third-order valence-corrected chi connectivity index (χ3v) is 3.00. The SMILES string of the molecule is COCCOc1cccc(NC(=O)Nc2ccc(OC)cc2)c1. The van der Waals surface area contributed by atoms with Gasteiger partial charge in [-0.2, -0.15) is 0 Å². The second kappa shape index (κ2) is 8.65. The molecule has 0 aromatic heterocycles. The zero-order chi connectivity index (χ0) is 16.5. The highest BCUT2D eigenvalue weighted by molar-refractivity contribution is 5.99. The second-order valence-electron chi connectivity index (χ2n) is 4.68. The fourth-order valence-electron chi connectivity index (χ4n) is 1.87. The van der Waals surface area contributed by atoms with Crippen LogP contribution in [0.4, 0.5) is 16.2 Å². The van der Waals surface area contributed by atoms with Crippen LogP contribution in [0.5, 0.6) is 11.5 Å². The van der Waals surface area contributed by atoms with E-state index in [0.717, 1.165) is 5.75 Å². The number of carbonyl (C=O) groups excluding carboxylic acids is 1. The largest absolute Gasteiger partial charge is 0.497 e. The van der Waals surface area contributed by atoms with Gasteiger partial charge < -0.3 is 24.8 Å². The Balaban J connectivity index is 1.90. The van der Waals surface area contributed by atoms with Crippen molar-refractivity contribution in [2.24, 2.45) is 0 Å². The fourth-order valence-corrected chi connectivity index (χ4v) is 1.87. The van der Waals surface area contributed by atoms with Crippen molar-refractivity contribution in [3.05, 3.63) is 48.5 Å². The van der Waals surface area contributed by atoms with Crippen molar-refractivity contribution in [3.63, 3.8) is 0 Å². The first-order valence-corrected chi connectivity index (χ1v) is 7.15. The van der Waals surface area contributed by atoms with Crippen LogP contribution in [-0.2, 0) is 4.74 Å². The van der Waals surface area contributed by atoms with E-state index in [1.165, 1.54) is 0 Å². The number of hydrogen-bond acceptors (Lipinski definition) is 4. The smallest absolute Gasteiger partial charge is 0.323 e. The van der Waals surface area contributed by atoms with E-state index in [9.17, 15) is 4.79 Å². The van der Waals surface area contributed by atoms with E-state index >= 15 is 0 Å². The molecule has 0 unspecified atom stereocenters. The summed E-state index contributed by atoms with van der Waals surface area (Å²) in [5.41, 5.74) is 1.32. The summed E-state index contributed by atoms with van der Waals surface area (Å²) in [4.78, 5) is 12.0. The maximum absolute atomic E-state index is 12.0. The maximum atomic E-state index is 12.0. The molecule has 2 rings (SSSR count). The van der Waals surface area contributed by atoms with Gasteiger partial charge in [0.05, 0.1) is 13.7 Å². The lowest BCUT2D eigenvalue weighted by Gasteiger charge is -2.10. The molecule has 0 fully saturated rings. The van der Waals surface area contributed by atoms with Gasteiger partial charge in [-0.1, -0.05) is 6.07 Å². The molecule has 0 aliphatic heterocycles. The molecule has 0 saturated heterocycles.